The Hall–Kier alpha value is -0.570. The van der Waals surface area contributed by atoms with Crippen LogP contribution in [0, 0.1) is 11.8 Å². The van der Waals surface area contributed by atoms with Gasteiger partial charge >= 0.3 is 5.97 Å². The molecule has 1 heterocycles. The first-order chi connectivity index (χ1) is 8.18. The van der Waals surface area contributed by atoms with Crippen LogP contribution in [0.25, 0.3) is 0 Å². The molecule has 2 aliphatic rings. The number of hydrogen-bond acceptors (Lipinski definition) is 2. The number of nitrogens with zero attached hydrogens (tertiary/aromatic N) is 1. The van der Waals surface area contributed by atoms with Gasteiger partial charge in [0.1, 0.15) is 0 Å². The van der Waals surface area contributed by atoms with Gasteiger partial charge in [0, 0.05) is 6.04 Å². The van der Waals surface area contributed by atoms with Crippen LogP contribution in [0.1, 0.15) is 51.9 Å². The standard InChI is InChI=1S/C14H25NO2/c1-11(12-5-3-2-4-6-12)15-9-7-13(8-10-15)14(16)17/h11-13H,2-10H2,1H3,(H,16,17). The highest BCUT2D eigenvalue weighted by Crippen LogP contribution is 2.30. The fourth-order valence-corrected chi connectivity index (χ4v) is 3.47. The summed E-state index contributed by atoms with van der Waals surface area (Å²) >= 11 is 0. The first kappa shape index (κ1) is 12.9. The van der Waals surface area contributed by atoms with E-state index >= 15 is 0 Å². The molecule has 0 aromatic rings. The molecule has 1 aliphatic heterocycles. The highest BCUT2D eigenvalue weighted by atomic mass is 16.4. The van der Waals surface area contributed by atoms with Gasteiger partial charge in [0.2, 0.25) is 0 Å². The third kappa shape index (κ3) is 3.21. The van der Waals surface area contributed by atoms with Crippen LogP contribution in [0.4, 0.5) is 0 Å². The predicted octanol–water partition coefficient (Wildman–Crippen LogP) is 2.75. The molecule has 1 aliphatic carbocycles. The van der Waals surface area contributed by atoms with Gasteiger partial charge in [0.25, 0.3) is 0 Å². The number of aliphatic carboxylic acids is 1. The van der Waals surface area contributed by atoms with Crippen molar-refractivity contribution in [1.29, 1.82) is 0 Å². The van der Waals surface area contributed by atoms with Crippen molar-refractivity contribution in [3.8, 4) is 0 Å². The molecule has 0 radical (unpaired) electrons. The number of rotatable bonds is 3. The maximum absolute atomic E-state index is 10.9. The zero-order chi connectivity index (χ0) is 12.3. The first-order valence-electron chi connectivity index (χ1n) is 7.15. The lowest BCUT2D eigenvalue weighted by molar-refractivity contribution is -0.143. The van der Waals surface area contributed by atoms with Gasteiger partial charge in [-0.25, -0.2) is 0 Å². The van der Waals surface area contributed by atoms with Gasteiger partial charge in [-0.2, -0.15) is 0 Å². The van der Waals surface area contributed by atoms with E-state index in [4.69, 9.17) is 5.11 Å². The van der Waals surface area contributed by atoms with E-state index in [1.807, 2.05) is 0 Å². The van der Waals surface area contributed by atoms with Crippen molar-refractivity contribution in [2.24, 2.45) is 11.8 Å². The zero-order valence-corrected chi connectivity index (χ0v) is 10.9. The maximum Gasteiger partial charge on any atom is 0.306 e. The smallest absolute Gasteiger partial charge is 0.306 e. The SMILES string of the molecule is CC(C1CCCCC1)N1CCC(C(=O)O)CC1. The molecule has 1 atom stereocenters. The van der Waals surface area contributed by atoms with Crippen LogP contribution in [0.2, 0.25) is 0 Å². The quantitative estimate of drug-likeness (QED) is 0.823. The van der Waals surface area contributed by atoms with Crippen LogP contribution < -0.4 is 0 Å². The molecule has 0 bridgehead atoms. The molecule has 0 aromatic heterocycles. The fourth-order valence-electron chi connectivity index (χ4n) is 3.47. The van der Waals surface area contributed by atoms with Crippen molar-refractivity contribution < 1.29 is 9.90 Å². The minimum Gasteiger partial charge on any atom is -0.481 e. The van der Waals surface area contributed by atoms with Crippen LogP contribution in [0.5, 0.6) is 0 Å². The second kappa shape index (κ2) is 5.85. The number of piperidine rings is 1. The van der Waals surface area contributed by atoms with Crippen LogP contribution in [-0.2, 0) is 4.79 Å². The Morgan fingerprint density at radius 3 is 2.24 bits per heavy atom. The lowest BCUT2D eigenvalue weighted by Crippen LogP contribution is -2.45. The third-order valence-corrected chi connectivity index (χ3v) is 4.79. The summed E-state index contributed by atoms with van der Waals surface area (Å²) in [6, 6.07) is 0.657. The van der Waals surface area contributed by atoms with Crippen molar-refractivity contribution >= 4 is 5.97 Å². The molecular weight excluding hydrogens is 214 g/mol. The second-order valence-corrected chi connectivity index (χ2v) is 5.79. The predicted molar refractivity (Wildman–Crippen MR) is 68.0 cm³/mol. The molecule has 3 nitrogen and oxygen atoms in total. The summed E-state index contributed by atoms with van der Waals surface area (Å²) in [4.78, 5) is 13.4. The monoisotopic (exact) mass is 239 g/mol. The number of hydrogen-bond donors (Lipinski definition) is 1. The summed E-state index contributed by atoms with van der Waals surface area (Å²) in [6.07, 6.45) is 8.62. The summed E-state index contributed by atoms with van der Waals surface area (Å²) in [5.74, 6) is 0.157. The van der Waals surface area contributed by atoms with Crippen LogP contribution in [0.3, 0.4) is 0 Å². The van der Waals surface area contributed by atoms with Gasteiger partial charge in [-0.05, 0) is 51.6 Å². The highest BCUT2D eigenvalue weighted by Gasteiger charge is 2.30. The van der Waals surface area contributed by atoms with Crippen LogP contribution in [0.15, 0.2) is 0 Å². The normalized spacial score (nSPS) is 26.9. The average Bonchev–Trinajstić information content (AvgIpc) is 2.39. The first-order valence-corrected chi connectivity index (χ1v) is 7.15. The van der Waals surface area contributed by atoms with E-state index in [2.05, 4.69) is 11.8 Å². The Balaban J connectivity index is 1.81. The molecule has 0 spiro atoms. The van der Waals surface area contributed by atoms with Gasteiger partial charge in [-0.3, -0.25) is 4.79 Å². The van der Waals surface area contributed by atoms with Gasteiger partial charge in [0.15, 0.2) is 0 Å². The van der Waals surface area contributed by atoms with Gasteiger partial charge in [-0.15, -0.1) is 0 Å². The summed E-state index contributed by atoms with van der Waals surface area (Å²) < 4.78 is 0. The Morgan fingerprint density at radius 2 is 1.71 bits per heavy atom. The van der Waals surface area contributed by atoms with Gasteiger partial charge < -0.3 is 10.0 Å². The van der Waals surface area contributed by atoms with Gasteiger partial charge in [0.05, 0.1) is 5.92 Å². The molecule has 98 valence electrons. The zero-order valence-electron chi connectivity index (χ0n) is 10.9. The maximum atomic E-state index is 10.9. The Bertz CT molecular complexity index is 253. The Labute approximate surface area is 104 Å². The molecule has 2 fully saturated rings. The van der Waals surface area contributed by atoms with Crippen molar-refractivity contribution in [2.75, 3.05) is 13.1 Å². The number of likely N-dealkylation sites (tertiary alicyclic amines) is 1. The van der Waals surface area contributed by atoms with E-state index in [0.29, 0.717) is 6.04 Å². The minimum absolute atomic E-state index is 0.0928. The second-order valence-electron chi connectivity index (χ2n) is 5.79. The summed E-state index contributed by atoms with van der Waals surface area (Å²) in [7, 11) is 0. The van der Waals surface area contributed by atoms with E-state index in [9.17, 15) is 4.79 Å². The lowest BCUT2D eigenvalue weighted by atomic mass is 9.83. The molecule has 1 N–H and O–H groups in total. The Morgan fingerprint density at radius 1 is 1.12 bits per heavy atom. The number of carboxylic acid groups (broad SMARTS) is 1. The van der Waals surface area contributed by atoms with Crippen LogP contribution >= 0.6 is 0 Å². The summed E-state index contributed by atoms with van der Waals surface area (Å²) in [5.41, 5.74) is 0. The Kier molecular flexibility index (Phi) is 4.43. The van der Waals surface area contributed by atoms with Crippen molar-refractivity contribution in [3.63, 3.8) is 0 Å². The van der Waals surface area contributed by atoms with E-state index in [-0.39, 0.29) is 5.92 Å². The molecule has 1 saturated carbocycles. The molecule has 1 saturated heterocycles. The molecule has 3 heteroatoms. The molecule has 0 aromatic carbocycles. The van der Waals surface area contributed by atoms with Crippen molar-refractivity contribution in [2.45, 2.75) is 57.9 Å². The third-order valence-electron chi connectivity index (χ3n) is 4.79. The van der Waals surface area contributed by atoms with Crippen molar-refractivity contribution in [1.82, 2.24) is 4.90 Å². The van der Waals surface area contributed by atoms with Gasteiger partial charge in [-0.1, -0.05) is 19.3 Å². The van der Waals surface area contributed by atoms with E-state index in [1.165, 1.54) is 32.1 Å². The van der Waals surface area contributed by atoms with Crippen molar-refractivity contribution in [3.05, 3.63) is 0 Å². The average molecular weight is 239 g/mol. The van der Waals surface area contributed by atoms with E-state index in [1.54, 1.807) is 0 Å². The van der Waals surface area contributed by atoms with E-state index in [0.717, 1.165) is 31.8 Å². The molecule has 17 heavy (non-hydrogen) atoms. The molecule has 0 amide bonds. The largest absolute Gasteiger partial charge is 0.481 e. The number of carbonyl (C=O) groups is 1. The summed E-state index contributed by atoms with van der Waals surface area (Å²) in [6.45, 7) is 4.31. The van der Waals surface area contributed by atoms with E-state index < -0.39 is 5.97 Å². The summed E-state index contributed by atoms with van der Waals surface area (Å²) in [5, 5.41) is 8.99. The highest BCUT2D eigenvalue weighted by molar-refractivity contribution is 5.70. The molecule has 2 rings (SSSR count). The molecule has 1 unspecified atom stereocenters. The fraction of sp³-hybridized carbons (Fsp3) is 0.929. The van der Waals surface area contributed by atoms with Crippen LogP contribution in [-0.4, -0.2) is 35.1 Å². The molecular formula is C14H25NO2. The lowest BCUT2D eigenvalue weighted by Gasteiger charge is -2.40. The topological polar surface area (TPSA) is 40.5 Å². The number of carboxylic acids is 1. The minimum atomic E-state index is -0.602.